The van der Waals surface area contributed by atoms with E-state index in [0.717, 1.165) is 46.2 Å². The molecule has 4 heteroatoms. The van der Waals surface area contributed by atoms with E-state index in [1.54, 1.807) is 5.57 Å². The molecule has 2 aromatic rings. The van der Waals surface area contributed by atoms with Gasteiger partial charge in [-0.1, -0.05) is 39.2 Å². The van der Waals surface area contributed by atoms with Gasteiger partial charge in [0.15, 0.2) is 0 Å². The molecule has 2 nitrogen and oxygen atoms in total. The molecular weight excluding hydrogens is 355 g/mol. The lowest BCUT2D eigenvalue weighted by molar-refractivity contribution is 0.429. The Morgan fingerprint density at radius 2 is 2.18 bits per heavy atom. The number of fused-ring (bicyclic) bond motifs is 5. The van der Waals surface area contributed by atoms with Gasteiger partial charge in [-0.3, -0.25) is 4.98 Å². The minimum atomic E-state index is 0.528. The van der Waals surface area contributed by atoms with Crippen LogP contribution in [0, 0.1) is 5.92 Å². The normalized spacial score (nSPS) is 23.3. The minimum Gasteiger partial charge on any atom is -0.398 e. The van der Waals surface area contributed by atoms with E-state index >= 15 is 0 Å². The van der Waals surface area contributed by atoms with Gasteiger partial charge in [-0.05, 0) is 55.7 Å². The van der Waals surface area contributed by atoms with E-state index in [1.807, 2.05) is 18.2 Å². The summed E-state index contributed by atoms with van der Waals surface area (Å²) in [5.41, 5.74) is 12.4. The topological polar surface area (TPSA) is 38.9 Å². The summed E-state index contributed by atoms with van der Waals surface area (Å²) in [7, 11) is 0. The van der Waals surface area contributed by atoms with Crippen LogP contribution in [-0.4, -0.2) is 10.3 Å². The predicted molar refractivity (Wildman–Crippen MR) is 96.8 cm³/mol. The van der Waals surface area contributed by atoms with Gasteiger partial charge >= 0.3 is 0 Å². The van der Waals surface area contributed by atoms with Gasteiger partial charge in [0.05, 0.1) is 5.52 Å². The van der Waals surface area contributed by atoms with Gasteiger partial charge in [-0.2, -0.15) is 0 Å². The Morgan fingerprint density at radius 1 is 1.32 bits per heavy atom. The van der Waals surface area contributed by atoms with Crippen molar-refractivity contribution in [3.8, 4) is 0 Å². The van der Waals surface area contributed by atoms with E-state index in [-0.39, 0.29) is 0 Å². The third-order valence-electron chi connectivity index (χ3n) is 4.95. The fraction of sp³-hybridized carbons (Fsp3) is 0.389. The molecular formula is C18H18BrClN2. The molecule has 0 saturated carbocycles. The molecule has 0 radical (unpaired) electrons. The highest BCUT2D eigenvalue weighted by Crippen LogP contribution is 2.47. The molecule has 0 fully saturated rings. The highest BCUT2D eigenvalue weighted by molar-refractivity contribution is 9.09. The van der Waals surface area contributed by atoms with E-state index < -0.39 is 0 Å². The lowest BCUT2D eigenvalue weighted by Gasteiger charge is -2.36. The van der Waals surface area contributed by atoms with E-state index in [9.17, 15) is 0 Å². The van der Waals surface area contributed by atoms with Crippen molar-refractivity contribution in [1.29, 1.82) is 0 Å². The lowest BCUT2D eigenvalue weighted by atomic mass is 9.70. The Kier molecular flexibility index (Phi) is 3.66. The van der Waals surface area contributed by atoms with E-state index in [0.29, 0.717) is 11.8 Å². The lowest BCUT2D eigenvalue weighted by Crippen LogP contribution is -2.24. The number of alkyl halides is 1. The first-order chi connectivity index (χ1) is 10.7. The van der Waals surface area contributed by atoms with Gasteiger partial charge in [0.25, 0.3) is 0 Å². The molecule has 2 unspecified atom stereocenters. The average Bonchev–Trinajstić information content (AvgIpc) is 2.46. The van der Waals surface area contributed by atoms with Crippen LogP contribution < -0.4 is 5.73 Å². The number of anilines is 1. The summed E-state index contributed by atoms with van der Waals surface area (Å²) in [6.45, 7) is 0. The average molecular weight is 373 g/mol. The number of halogens is 2. The van der Waals surface area contributed by atoms with Crippen LogP contribution in [0.4, 0.5) is 5.69 Å². The third kappa shape index (κ3) is 2.35. The molecule has 1 aromatic heterocycles. The summed E-state index contributed by atoms with van der Waals surface area (Å²) >= 11 is 9.67. The molecule has 0 amide bonds. The number of rotatable bonds is 2. The zero-order valence-electron chi connectivity index (χ0n) is 12.3. The summed E-state index contributed by atoms with van der Waals surface area (Å²) in [6, 6.07) is 5.82. The van der Waals surface area contributed by atoms with Crippen LogP contribution in [0.25, 0.3) is 10.9 Å². The molecule has 1 heterocycles. The highest BCUT2D eigenvalue weighted by atomic mass is 74.9. The maximum absolute atomic E-state index is 6.53. The molecule has 1 aromatic carbocycles. The number of aromatic nitrogens is 1. The first-order valence-corrected chi connectivity index (χ1v) is 9.28. The molecule has 2 aliphatic carbocycles. The smallest absolute Gasteiger partial charge is 0.0741 e. The Labute approximate surface area is 143 Å². The van der Waals surface area contributed by atoms with Crippen molar-refractivity contribution in [2.45, 2.75) is 31.6 Å². The fourth-order valence-electron chi connectivity index (χ4n) is 4.09. The van der Waals surface area contributed by atoms with Crippen LogP contribution in [0.2, 0.25) is 5.02 Å². The van der Waals surface area contributed by atoms with Crippen molar-refractivity contribution >= 4 is 44.1 Å². The number of allylic oxidation sites excluding steroid dienone is 2. The number of benzene rings is 1. The maximum atomic E-state index is 6.53. The van der Waals surface area contributed by atoms with Crippen LogP contribution >= 0.6 is 27.5 Å². The molecule has 22 heavy (non-hydrogen) atoms. The van der Waals surface area contributed by atoms with Gasteiger partial charge in [-0.25, -0.2) is 0 Å². The van der Waals surface area contributed by atoms with Crippen molar-refractivity contribution in [3.05, 3.63) is 46.1 Å². The molecule has 4 rings (SSSR count). The molecule has 2 aliphatic rings. The van der Waals surface area contributed by atoms with Gasteiger partial charge < -0.3 is 5.73 Å². The number of hydrogen-bond acceptors (Lipinski definition) is 2. The molecule has 0 aliphatic heterocycles. The molecule has 0 spiro atoms. The van der Waals surface area contributed by atoms with Crippen molar-refractivity contribution < 1.29 is 0 Å². The zero-order chi connectivity index (χ0) is 15.3. The van der Waals surface area contributed by atoms with Gasteiger partial charge in [-0.15, -0.1) is 0 Å². The monoisotopic (exact) mass is 372 g/mol. The second-order valence-corrected chi connectivity index (χ2v) is 7.64. The van der Waals surface area contributed by atoms with Gasteiger partial charge in [0.2, 0.25) is 0 Å². The number of nitrogens with two attached hydrogens (primary N) is 1. The summed E-state index contributed by atoms with van der Waals surface area (Å²) in [5.74, 6) is 1.14. The van der Waals surface area contributed by atoms with E-state index in [2.05, 4.69) is 22.0 Å². The van der Waals surface area contributed by atoms with Crippen molar-refractivity contribution in [3.63, 3.8) is 0 Å². The molecule has 2 atom stereocenters. The van der Waals surface area contributed by atoms with Gasteiger partial charge in [0.1, 0.15) is 0 Å². The SMILES string of the molecule is Nc1c2c(nc3cc(Cl)ccc13)CC1C=C(CC[75Br])CC2C1. The largest absolute Gasteiger partial charge is 0.398 e. The minimum absolute atomic E-state index is 0.528. The first kappa shape index (κ1) is 14.5. The molecule has 114 valence electrons. The third-order valence-corrected chi connectivity index (χ3v) is 5.58. The second-order valence-electron chi connectivity index (χ2n) is 6.41. The fourth-order valence-corrected chi connectivity index (χ4v) is 4.77. The van der Waals surface area contributed by atoms with Crippen LogP contribution in [-0.2, 0) is 6.42 Å². The Hall–Kier alpha value is -1.06. The Morgan fingerprint density at radius 3 is 3.00 bits per heavy atom. The maximum Gasteiger partial charge on any atom is 0.0741 e. The molecule has 0 saturated heterocycles. The Balaban J connectivity index is 1.85. The quantitative estimate of drug-likeness (QED) is 0.579. The number of nitrogen functional groups attached to an aromatic ring is 1. The van der Waals surface area contributed by atoms with Crippen molar-refractivity contribution in [2.24, 2.45) is 5.92 Å². The van der Waals surface area contributed by atoms with Crippen molar-refractivity contribution in [1.82, 2.24) is 4.98 Å². The Bertz CT molecular complexity index is 784. The first-order valence-electron chi connectivity index (χ1n) is 7.78. The van der Waals surface area contributed by atoms with Gasteiger partial charge in [0, 0.05) is 32.7 Å². The van der Waals surface area contributed by atoms with Crippen LogP contribution in [0.5, 0.6) is 0 Å². The number of pyridine rings is 1. The predicted octanol–water partition coefficient (Wildman–Crippen LogP) is 5.23. The van der Waals surface area contributed by atoms with Crippen LogP contribution in [0.1, 0.15) is 36.4 Å². The highest BCUT2D eigenvalue weighted by Gasteiger charge is 2.33. The zero-order valence-corrected chi connectivity index (χ0v) is 14.6. The summed E-state index contributed by atoms with van der Waals surface area (Å²) in [5, 5.41) is 2.79. The van der Waals surface area contributed by atoms with Crippen LogP contribution in [0.15, 0.2) is 29.8 Å². The van der Waals surface area contributed by atoms with Crippen LogP contribution in [0.3, 0.4) is 0 Å². The number of hydrogen-bond donors (Lipinski definition) is 1. The standard InChI is InChI=1S/C18H18BrClN2/c19-4-3-10-5-11-7-12(6-10)17-16(8-11)22-15-9-13(20)1-2-14(15)18(17)21/h1-2,5,9,11-12H,3-4,6-8H2,(H2,21,22)/i19-5. The molecule has 2 bridgehead atoms. The number of nitrogens with zero attached hydrogens (tertiary/aromatic N) is 1. The van der Waals surface area contributed by atoms with E-state index in [1.165, 1.54) is 17.7 Å². The summed E-state index contributed by atoms with van der Waals surface area (Å²) in [4.78, 5) is 4.89. The van der Waals surface area contributed by atoms with Crippen molar-refractivity contribution in [2.75, 3.05) is 11.1 Å². The summed E-state index contributed by atoms with van der Waals surface area (Å²) in [6.07, 6.45) is 6.95. The van der Waals surface area contributed by atoms with E-state index in [4.69, 9.17) is 22.3 Å². The second kappa shape index (κ2) is 5.54. The molecule has 2 N–H and O–H groups in total. The summed E-state index contributed by atoms with van der Waals surface area (Å²) < 4.78 is 0.